The molecule has 1 aromatic rings. The molecule has 0 amide bonds. The van der Waals surface area contributed by atoms with E-state index in [4.69, 9.17) is 0 Å². The van der Waals surface area contributed by atoms with Gasteiger partial charge in [0.25, 0.3) is 0 Å². The minimum absolute atomic E-state index is 0. The van der Waals surface area contributed by atoms with E-state index in [1.54, 1.807) is 30.3 Å². The van der Waals surface area contributed by atoms with Crippen molar-refractivity contribution in [1.82, 2.24) is 0 Å². The SMILES string of the molecule is O=P([O-])([O-])Cc1ccccc1.[Li+].[Li+]. The van der Waals surface area contributed by atoms with E-state index in [9.17, 15) is 14.4 Å². The molecule has 1 rings (SSSR count). The first kappa shape index (κ1) is 16.0. The van der Waals surface area contributed by atoms with E-state index in [2.05, 4.69) is 0 Å². The third-order valence-corrected chi connectivity index (χ3v) is 1.97. The zero-order chi connectivity index (χ0) is 8.32. The predicted octanol–water partition coefficient (Wildman–Crippen LogP) is -5.89. The van der Waals surface area contributed by atoms with Crippen molar-refractivity contribution in [3.63, 3.8) is 0 Å². The topological polar surface area (TPSA) is 63.2 Å². The molecule has 0 fully saturated rings. The first-order valence-electron chi connectivity index (χ1n) is 3.13. The van der Waals surface area contributed by atoms with Crippen molar-refractivity contribution in [2.45, 2.75) is 6.16 Å². The van der Waals surface area contributed by atoms with Gasteiger partial charge in [0.2, 0.25) is 0 Å². The fourth-order valence-corrected chi connectivity index (χ4v) is 1.47. The molecule has 0 bridgehead atoms. The van der Waals surface area contributed by atoms with Crippen LogP contribution in [0.2, 0.25) is 0 Å². The van der Waals surface area contributed by atoms with Crippen LogP contribution in [-0.4, -0.2) is 0 Å². The first-order chi connectivity index (χ1) is 5.08. The second-order valence-corrected chi connectivity index (χ2v) is 3.79. The van der Waals surface area contributed by atoms with Gasteiger partial charge in [0.1, 0.15) is 0 Å². The van der Waals surface area contributed by atoms with Crippen LogP contribution in [0.25, 0.3) is 0 Å². The molecule has 3 nitrogen and oxygen atoms in total. The maximum atomic E-state index is 10.3. The van der Waals surface area contributed by atoms with Gasteiger partial charge in [-0.1, -0.05) is 37.9 Å². The summed E-state index contributed by atoms with van der Waals surface area (Å²) in [6.45, 7) is 0. The second-order valence-electron chi connectivity index (χ2n) is 2.25. The number of hydrogen-bond acceptors (Lipinski definition) is 3. The Hall–Kier alpha value is 0.565. The van der Waals surface area contributed by atoms with Gasteiger partial charge in [-0.3, -0.25) is 0 Å². The van der Waals surface area contributed by atoms with Crippen LogP contribution in [0.1, 0.15) is 5.56 Å². The molecule has 6 heteroatoms. The summed E-state index contributed by atoms with van der Waals surface area (Å²) in [6.07, 6.45) is -0.395. The number of hydrogen-bond donors (Lipinski definition) is 0. The zero-order valence-corrected chi connectivity index (χ0v) is 8.66. The molecule has 0 saturated carbocycles. The van der Waals surface area contributed by atoms with Crippen LogP contribution in [0.4, 0.5) is 0 Å². The molecule has 0 heterocycles. The summed E-state index contributed by atoms with van der Waals surface area (Å²) in [6, 6.07) is 8.39. The predicted molar refractivity (Wildman–Crippen MR) is 37.8 cm³/mol. The molecule has 0 saturated heterocycles. The molecular formula is C7H7Li2O3P. The Balaban J connectivity index is 0. The van der Waals surface area contributed by atoms with Gasteiger partial charge in [-0.05, 0) is 5.56 Å². The molecule has 0 aromatic heterocycles. The van der Waals surface area contributed by atoms with E-state index in [0.717, 1.165) is 0 Å². The van der Waals surface area contributed by atoms with Gasteiger partial charge >= 0.3 is 37.7 Å². The Morgan fingerprint density at radius 3 is 1.92 bits per heavy atom. The van der Waals surface area contributed by atoms with E-state index in [1.807, 2.05) is 0 Å². The molecule has 0 spiro atoms. The number of rotatable bonds is 2. The summed E-state index contributed by atoms with van der Waals surface area (Å²) in [5.41, 5.74) is 0.542. The molecule has 0 radical (unpaired) electrons. The van der Waals surface area contributed by atoms with Crippen molar-refractivity contribution in [2.75, 3.05) is 0 Å². The van der Waals surface area contributed by atoms with Crippen LogP contribution in [0, 0.1) is 0 Å². The van der Waals surface area contributed by atoms with Crippen LogP contribution in [0.3, 0.4) is 0 Å². The maximum absolute atomic E-state index is 10.3. The van der Waals surface area contributed by atoms with Crippen LogP contribution < -0.4 is 47.5 Å². The van der Waals surface area contributed by atoms with Crippen molar-refractivity contribution < 1.29 is 52.1 Å². The average molecular weight is 184 g/mol. The van der Waals surface area contributed by atoms with Crippen LogP contribution in [0.15, 0.2) is 30.3 Å². The van der Waals surface area contributed by atoms with Gasteiger partial charge < -0.3 is 14.4 Å². The Morgan fingerprint density at radius 2 is 1.54 bits per heavy atom. The van der Waals surface area contributed by atoms with Gasteiger partial charge in [-0.25, -0.2) is 0 Å². The second kappa shape index (κ2) is 6.94. The third-order valence-electron chi connectivity index (χ3n) is 1.22. The largest absolute Gasteiger partial charge is 1.00 e. The Bertz CT molecular complexity index is 272. The molecule has 0 aliphatic carbocycles. The van der Waals surface area contributed by atoms with Crippen molar-refractivity contribution in [3.05, 3.63) is 35.9 Å². The van der Waals surface area contributed by atoms with E-state index in [-0.39, 0.29) is 37.7 Å². The van der Waals surface area contributed by atoms with Crippen molar-refractivity contribution in [2.24, 2.45) is 0 Å². The minimum atomic E-state index is -4.39. The summed E-state index contributed by atoms with van der Waals surface area (Å²) in [5.74, 6) is 0. The Labute approximate surface area is 101 Å². The Kier molecular flexibility index (Phi) is 8.54. The maximum Gasteiger partial charge on any atom is 1.00 e. The van der Waals surface area contributed by atoms with Crippen molar-refractivity contribution in [1.29, 1.82) is 0 Å². The minimum Gasteiger partial charge on any atom is -0.810 e. The van der Waals surface area contributed by atoms with Crippen molar-refractivity contribution in [3.8, 4) is 0 Å². The van der Waals surface area contributed by atoms with Gasteiger partial charge in [-0.15, -0.1) is 0 Å². The van der Waals surface area contributed by atoms with Gasteiger partial charge in [0.15, 0.2) is 0 Å². The van der Waals surface area contributed by atoms with Gasteiger partial charge in [-0.2, -0.15) is 0 Å². The van der Waals surface area contributed by atoms with Crippen LogP contribution >= 0.6 is 7.60 Å². The van der Waals surface area contributed by atoms with Crippen molar-refractivity contribution >= 4 is 7.60 Å². The first-order valence-corrected chi connectivity index (χ1v) is 4.86. The summed E-state index contributed by atoms with van der Waals surface area (Å²) >= 11 is 0. The normalized spacial score (nSPS) is 9.69. The van der Waals surface area contributed by atoms with Gasteiger partial charge in [0, 0.05) is 6.16 Å². The third kappa shape index (κ3) is 7.62. The van der Waals surface area contributed by atoms with Gasteiger partial charge in [0.05, 0.1) is 0 Å². The molecule has 0 aliphatic rings. The fourth-order valence-electron chi connectivity index (χ4n) is 0.807. The molecule has 13 heavy (non-hydrogen) atoms. The van der Waals surface area contributed by atoms with E-state index in [0.29, 0.717) is 5.56 Å². The summed E-state index contributed by atoms with van der Waals surface area (Å²) in [7, 11) is -4.39. The van der Waals surface area contributed by atoms with Crippen LogP contribution in [-0.2, 0) is 10.7 Å². The number of benzene rings is 1. The summed E-state index contributed by atoms with van der Waals surface area (Å²) < 4.78 is 10.3. The molecule has 0 unspecified atom stereocenters. The standard InChI is InChI=1S/C7H9O3P.2Li/c8-11(9,10)6-7-4-2-1-3-5-7;;/h1-5H,6H2,(H2,8,9,10);;/q;2*+1/p-2. The molecule has 60 valence electrons. The summed E-state index contributed by atoms with van der Waals surface area (Å²) in [5, 5.41) is 0. The molecule has 0 atom stereocenters. The zero-order valence-electron chi connectivity index (χ0n) is 7.77. The molecule has 1 aromatic carbocycles. The Morgan fingerprint density at radius 1 is 1.08 bits per heavy atom. The monoisotopic (exact) mass is 184 g/mol. The summed E-state index contributed by atoms with van der Waals surface area (Å²) in [4.78, 5) is 20.5. The van der Waals surface area contributed by atoms with E-state index in [1.165, 1.54) is 0 Å². The van der Waals surface area contributed by atoms with E-state index < -0.39 is 13.8 Å². The van der Waals surface area contributed by atoms with E-state index >= 15 is 0 Å². The smallest absolute Gasteiger partial charge is 0.810 e. The molecular weight excluding hydrogens is 177 g/mol. The quantitative estimate of drug-likeness (QED) is 0.339. The van der Waals surface area contributed by atoms with Crippen LogP contribution in [0.5, 0.6) is 0 Å². The fraction of sp³-hybridized carbons (Fsp3) is 0.143. The average Bonchev–Trinajstić information content (AvgIpc) is 1.85. The molecule has 0 aliphatic heterocycles. The molecule has 0 N–H and O–H groups in total.